The minimum absolute atomic E-state index is 0.904. The topological polar surface area (TPSA) is 14.2 Å². The first-order chi connectivity index (χ1) is 19.8. The van der Waals surface area contributed by atoms with Crippen molar-refractivity contribution in [3.05, 3.63) is 140 Å². The van der Waals surface area contributed by atoms with Gasteiger partial charge in [-0.15, -0.1) is 0 Å². The molecule has 186 valence electrons. The molecule has 0 fully saturated rings. The highest BCUT2D eigenvalue weighted by atomic mass is 16.5. The zero-order chi connectivity index (χ0) is 26.2. The average Bonchev–Trinajstić information content (AvgIpc) is 3.36. The summed E-state index contributed by atoms with van der Waals surface area (Å²) in [6.45, 7) is 0. The van der Waals surface area contributed by atoms with E-state index in [1.807, 2.05) is 0 Å². The quantitative estimate of drug-likeness (QED) is 0.226. The van der Waals surface area contributed by atoms with E-state index in [1.54, 1.807) is 0 Å². The van der Waals surface area contributed by atoms with Crippen molar-refractivity contribution < 1.29 is 4.74 Å². The van der Waals surface area contributed by atoms with Gasteiger partial charge in [0.25, 0.3) is 0 Å². The number of fused-ring (bicyclic) bond motifs is 7. The first-order valence-corrected chi connectivity index (χ1v) is 13.7. The van der Waals surface area contributed by atoms with E-state index in [0.29, 0.717) is 0 Å². The molecule has 1 aromatic heterocycles. The Morgan fingerprint density at radius 3 is 2.08 bits per heavy atom. The van der Waals surface area contributed by atoms with E-state index < -0.39 is 0 Å². The number of rotatable bonds is 2. The first kappa shape index (κ1) is 21.6. The maximum absolute atomic E-state index is 6.40. The number of benzene rings is 7. The molecule has 0 amide bonds. The van der Waals surface area contributed by atoms with E-state index in [4.69, 9.17) is 4.74 Å². The minimum Gasteiger partial charge on any atom is -0.456 e. The maximum atomic E-state index is 6.40. The monoisotopic (exact) mass is 509 g/mol. The lowest BCUT2D eigenvalue weighted by molar-refractivity contribution is 0.487. The van der Waals surface area contributed by atoms with Gasteiger partial charge in [-0.3, -0.25) is 0 Å². The zero-order valence-electron chi connectivity index (χ0n) is 21.6. The van der Waals surface area contributed by atoms with E-state index in [0.717, 1.165) is 17.1 Å². The van der Waals surface area contributed by atoms with Gasteiger partial charge in [0.2, 0.25) is 0 Å². The summed E-state index contributed by atoms with van der Waals surface area (Å²) in [6, 6.07) is 50.1. The van der Waals surface area contributed by atoms with Gasteiger partial charge in [-0.25, -0.2) is 0 Å². The van der Waals surface area contributed by atoms with Crippen molar-refractivity contribution in [1.29, 1.82) is 0 Å². The molecule has 1 aliphatic rings. The summed E-state index contributed by atoms with van der Waals surface area (Å²) in [4.78, 5) is 0. The fraction of sp³-hybridized carbons (Fsp3) is 0. The Labute approximate surface area is 231 Å². The molecule has 8 aromatic rings. The van der Waals surface area contributed by atoms with Gasteiger partial charge in [0.1, 0.15) is 11.5 Å². The summed E-state index contributed by atoms with van der Waals surface area (Å²) in [5.41, 5.74) is 8.41. The van der Waals surface area contributed by atoms with Crippen LogP contribution in [0, 0.1) is 0 Å². The summed E-state index contributed by atoms with van der Waals surface area (Å²) in [5, 5.41) is 7.39. The van der Waals surface area contributed by atoms with Gasteiger partial charge >= 0.3 is 0 Å². The molecule has 40 heavy (non-hydrogen) atoms. The van der Waals surface area contributed by atoms with Crippen molar-refractivity contribution in [2.24, 2.45) is 0 Å². The van der Waals surface area contributed by atoms with Crippen molar-refractivity contribution in [3.63, 3.8) is 0 Å². The van der Waals surface area contributed by atoms with Crippen molar-refractivity contribution >= 4 is 43.4 Å². The fourth-order valence-corrected chi connectivity index (χ4v) is 6.64. The summed E-state index contributed by atoms with van der Waals surface area (Å²) >= 11 is 0. The molecule has 0 radical (unpaired) electrons. The Morgan fingerprint density at radius 2 is 1.20 bits per heavy atom. The number of nitrogens with zero attached hydrogens (tertiary/aromatic N) is 1. The molecule has 0 N–H and O–H groups in total. The molecule has 0 saturated heterocycles. The van der Waals surface area contributed by atoms with E-state index in [1.165, 1.54) is 65.7 Å². The van der Waals surface area contributed by atoms with Gasteiger partial charge < -0.3 is 9.30 Å². The summed E-state index contributed by atoms with van der Waals surface area (Å²) in [7, 11) is 0. The third-order valence-corrected chi connectivity index (χ3v) is 8.36. The van der Waals surface area contributed by atoms with Crippen LogP contribution in [0.15, 0.2) is 140 Å². The van der Waals surface area contributed by atoms with E-state index in [2.05, 4.69) is 144 Å². The maximum Gasteiger partial charge on any atom is 0.135 e. The second kappa shape index (κ2) is 8.08. The van der Waals surface area contributed by atoms with Crippen molar-refractivity contribution in [3.8, 4) is 39.4 Å². The highest BCUT2D eigenvalue weighted by molar-refractivity contribution is 6.22. The molecule has 1 aliphatic heterocycles. The Hall–Kier alpha value is -5.34. The molecule has 7 aromatic carbocycles. The summed E-state index contributed by atoms with van der Waals surface area (Å²) in [5.74, 6) is 1.83. The fourth-order valence-electron chi connectivity index (χ4n) is 6.64. The standard InChI is InChI=1S/C38H23NO/c1-2-12-26(13-3-1)39-34-18-7-6-15-28(34)33-23-31(27-14-4-5-16-30(27)38(33)39)25-20-21-35-32(22-25)29-17-8-10-24-11-9-19-36(40-35)37(24)29/h1-23H. The summed E-state index contributed by atoms with van der Waals surface area (Å²) in [6.07, 6.45) is 0. The molecular formula is C38H23NO. The molecule has 0 unspecified atom stereocenters. The lowest BCUT2D eigenvalue weighted by atomic mass is 9.90. The minimum atomic E-state index is 0.904. The number of ether oxygens (including phenoxy) is 1. The third kappa shape index (κ3) is 2.93. The highest BCUT2D eigenvalue weighted by Crippen LogP contribution is 2.48. The molecule has 2 heteroatoms. The number of aromatic nitrogens is 1. The second-order valence-electron chi connectivity index (χ2n) is 10.5. The normalized spacial score (nSPS) is 12.2. The van der Waals surface area contributed by atoms with Crippen LogP contribution in [-0.4, -0.2) is 4.57 Å². The molecule has 9 rings (SSSR count). The molecule has 0 saturated carbocycles. The first-order valence-electron chi connectivity index (χ1n) is 13.7. The number of hydrogen-bond donors (Lipinski definition) is 0. The number of hydrogen-bond acceptors (Lipinski definition) is 1. The Kier molecular flexibility index (Phi) is 4.36. The predicted molar refractivity (Wildman–Crippen MR) is 167 cm³/mol. The molecule has 2 heterocycles. The predicted octanol–water partition coefficient (Wildman–Crippen LogP) is 10.5. The molecule has 0 aliphatic carbocycles. The number of para-hydroxylation sites is 2. The van der Waals surface area contributed by atoms with E-state index in [-0.39, 0.29) is 0 Å². The van der Waals surface area contributed by atoms with E-state index >= 15 is 0 Å². The lowest BCUT2D eigenvalue weighted by Gasteiger charge is -2.22. The van der Waals surface area contributed by atoms with Gasteiger partial charge in [0.15, 0.2) is 0 Å². The SMILES string of the molecule is c1ccc(-n2c3ccccc3c3cc(-c4ccc5c(c4)-c4cccc6cccc(c46)O5)c4ccccc4c32)cc1. The van der Waals surface area contributed by atoms with Crippen LogP contribution in [0.1, 0.15) is 0 Å². The largest absolute Gasteiger partial charge is 0.456 e. The van der Waals surface area contributed by atoms with Crippen LogP contribution in [0.25, 0.3) is 71.3 Å². The molecular weight excluding hydrogens is 486 g/mol. The van der Waals surface area contributed by atoms with Crippen molar-refractivity contribution in [1.82, 2.24) is 4.57 Å². The van der Waals surface area contributed by atoms with Gasteiger partial charge in [0, 0.05) is 32.8 Å². The van der Waals surface area contributed by atoms with Crippen LogP contribution in [0.3, 0.4) is 0 Å². The van der Waals surface area contributed by atoms with Crippen molar-refractivity contribution in [2.45, 2.75) is 0 Å². The summed E-state index contributed by atoms with van der Waals surface area (Å²) < 4.78 is 8.82. The van der Waals surface area contributed by atoms with Crippen LogP contribution in [0.5, 0.6) is 11.5 Å². The third-order valence-electron chi connectivity index (χ3n) is 8.36. The smallest absolute Gasteiger partial charge is 0.135 e. The Morgan fingerprint density at radius 1 is 0.450 bits per heavy atom. The molecule has 0 bridgehead atoms. The van der Waals surface area contributed by atoms with Gasteiger partial charge in [-0.1, -0.05) is 97.1 Å². The Balaban J connectivity index is 1.37. The van der Waals surface area contributed by atoms with Gasteiger partial charge in [-0.2, -0.15) is 0 Å². The van der Waals surface area contributed by atoms with Crippen LogP contribution >= 0.6 is 0 Å². The van der Waals surface area contributed by atoms with Crippen LogP contribution in [0.2, 0.25) is 0 Å². The second-order valence-corrected chi connectivity index (χ2v) is 10.5. The average molecular weight is 510 g/mol. The van der Waals surface area contributed by atoms with Gasteiger partial charge in [0.05, 0.1) is 11.0 Å². The highest BCUT2D eigenvalue weighted by Gasteiger charge is 2.22. The van der Waals surface area contributed by atoms with Crippen LogP contribution in [0.4, 0.5) is 0 Å². The zero-order valence-corrected chi connectivity index (χ0v) is 21.6. The molecule has 0 atom stereocenters. The van der Waals surface area contributed by atoms with E-state index in [9.17, 15) is 0 Å². The molecule has 0 spiro atoms. The lowest BCUT2D eigenvalue weighted by Crippen LogP contribution is -1.97. The molecule has 2 nitrogen and oxygen atoms in total. The Bertz CT molecular complexity index is 2290. The van der Waals surface area contributed by atoms with Gasteiger partial charge in [-0.05, 0) is 69.9 Å². The van der Waals surface area contributed by atoms with Crippen LogP contribution < -0.4 is 4.74 Å². The van der Waals surface area contributed by atoms with Crippen molar-refractivity contribution in [2.75, 3.05) is 0 Å². The van der Waals surface area contributed by atoms with Crippen LogP contribution in [-0.2, 0) is 0 Å².